The lowest BCUT2D eigenvalue weighted by Gasteiger charge is -2.18. The minimum atomic E-state index is -4.66. The molecular formula is C18H12Cl2F4O2. The van der Waals surface area contributed by atoms with Gasteiger partial charge in [-0.3, -0.25) is 0 Å². The maximum atomic E-state index is 13.5. The molecule has 0 saturated carbocycles. The summed E-state index contributed by atoms with van der Waals surface area (Å²) in [5.74, 6) is -4.17. The molecule has 0 aliphatic heterocycles. The van der Waals surface area contributed by atoms with Gasteiger partial charge in [-0.25, -0.2) is 9.18 Å². The maximum Gasteiger partial charge on any atom is 0.399 e. The van der Waals surface area contributed by atoms with E-state index >= 15 is 0 Å². The van der Waals surface area contributed by atoms with E-state index in [1.165, 1.54) is 24.3 Å². The number of carboxylic acid groups (broad SMARTS) is 1. The molecule has 26 heavy (non-hydrogen) atoms. The molecular weight excluding hydrogens is 395 g/mol. The van der Waals surface area contributed by atoms with Crippen molar-refractivity contribution in [1.82, 2.24) is 0 Å². The van der Waals surface area contributed by atoms with E-state index in [2.05, 4.69) is 0 Å². The van der Waals surface area contributed by atoms with Gasteiger partial charge < -0.3 is 5.11 Å². The Balaban J connectivity index is 2.42. The van der Waals surface area contributed by atoms with Crippen molar-refractivity contribution < 1.29 is 27.5 Å². The van der Waals surface area contributed by atoms with E-state index in [0.717, 1.165) is 18.2 Å². The largest absolute Gasteiger partial charge is 0.478 e. The molecule has 0 aliphatic rings. The number of aromatic carboxylic acids is 1. The highest BCUT2D eigenvalue weighted by Crippen LogP contribution is 2.39. The molecule has 2 nitrogen and oxygen atoms in total. The molecule has 0 saturated heterocycles. The van der Waals surface area contributed by atoms with E-state index in [1.807, 2.05) is 0 Å². The number of carboxylic acids is 1. The fraction of sp³-hybridized carbons (Fsp3) is 0.167. The highest BCUT2D eigenvalue weighted by Gasteiger charge is 2.39. The quantitative estimate of drug-likeness (QED) is 0.464. The lowest BCUT2D eigenvalue weighted by molar-refractivity contribution is -0.139. The number of alkyl halides is 3. The second-order valence-corrected chi connectivity index (χ2v) is 6.37. The molecule has 0 radical (unpaired) electrons. The Morgan fingerprint density at radius 2 is 1.73 bits per heavy atom. The maximum absolute atomic E-state index is 13.5. The third-order valence-electron chi connectivity index (χ3n) is 3.68. The molecule has 2 rings (SSSR count). The van der Waals surface area contributed by atoms with Crippen LogP contribution in [-0.2, 0) is 0 Å². The summed E-state index contributed by atoms with van der Waals surface area (Å²) in [5, 5.41) is 7.98. The minimum Gasteiger partial charge on any atom is -0.478 e. The molecule has 8 heteroatoms. The van der Waals surface area contributed by atoms with Crippen LogP contribution in [0.25, 0.3) is 6.08 Å². The van der Waals surface area contributed by atoms with Crippen molar-refractivity contribution in [3.05, 3.63) is 74.5 Å². The third kappa shape index (κ3) is 4.56. The van der Waals surface area contributed by atoms with Crippen LogP contribution in [0.1, 0.15) is 33.0 Å². The van der Waals surface area contributed by atoms with Crippen LogP contribution in [0, 0.1) is 12.7 Å². The van der Waals surface area contributed by atoms with Crippen molar-refractivity contribution in [2.24, 2.45) is 0 Å². The number of halogens is 6. The highest BCUT2D eigenvalue weighted by molar-refractivity contribution is 6.35. The first kappa shape index (κ1) is 20.3. The molecule has 0 bridgehead atoms. The van der Waals surface area contributed by atoms with E-state index in [1.54, 1.807) is 6.92 Å². The lowest BCUT2D eigenvalue weighted by Crippen LogP contribution is -2.19. The molecule has 138 valence electrons. The third-order valence-corrected chi connectivity index (χ3v) is 4.23. The Morgan fingerprint density at radius 3 is 2.19 bits per heavy atom. The SMILES string of the molecule is Cc1cc(C=CC(c2cc(Cl)c(F)c(Cl)c2)C(F)(F)F)ccc1C(=O)O. The van der Waals surface area contributed by atoms with Crippen LogP contribution in [0.15, 0.2) is 36.4 Å². The summed E-state index contributed by atoms with van der Waals surface area (Å²) in [6, 6.07) is 5.92. The Morgan fingerprint density at radius 1 is 1.15 bits per heavy atom. The smallest absolute Gasteiger partial charge is 0.399 e. The Kier molecular flexibility index (Phi) is 5.98. The molecule has 0 spiro atoms. The predicted octanol–water partition coefficient (Wildman–Crippen LogP) is 6.50. The van der Waals surface area contributed by atoms with Gasteiger partial charge in [-0.15, -0.1) is 0 Å². The van der Waals surface area contributed by atoms with Crippen LogP contribution in [0.3, 0.4) is 0 Å². The summed E-state index contributed by atoms with van der Waals surface area (Å²) >= 11 is 11.2. The molecule has 1 unspecified atom stereocenters. The van der Waals surface area contributed by atoms with Crippen molar-refractivity contribution in [2.45, 2.75) is 19.0 Å². The van der Waals surface area contributed by atoms with Gasteiger partial charge in [0.05, 0.1) is 21.5 Å². The molecule has 2 aromatic rings. The first-order valence-electron chi connectivity index (χ1n) is 7.24. The van der Waals surface area contributed by atoms with Crippen molar-refractivity contribution in [3.8, 4) is 0 Å². The fourth-order valence-electron chi connectivity index (χ4n) is 2.40. The van der Waals surface area contributed by atoms with Gasteiger partial charge in [0.1, 0.15) is 0 Å². The summed E-state index contributed by atoms with van der Waals surface area (Å²) in [6.07, 6.45) is -2.56. The fourth-order valence-corrected chi connectivity index (χ4v) is 2.91. The van der Waals surface area contributed by atoms with Crippen LogP contribution in [-0.4, -0.2) is 17.3 Å². The first-order chi connectivity index (χ1) is 12.0. The van der Waals surface area contributed by atoms with Crippen LogP contribution < -0.4 is 0 Å². The molecule has 0 aliphatic carbocycles. The summed E-state index contributed by atoms with van der Waals surface area (Å²) in [5.41, 5.74) is 0.563. The van der Waals surface area contributed by atoms with E-state index in [4.69, 9.17) is 28.3 Å². The Bertz CT molecular complexity index is 853. The number of hydrogen-bond donors (Lipinski definition) is 1. The van der Waals surface area contributed by atoms with Crippen molar-refractivity contribution in [2.75, 3.05) is 0 Å². The number of rotatable bonds is 4. The molecule has 1 N–H and O–H groups in total. The molecule has 0 fully saturated rings. The summed E-state index contributed by atoms with van der Waals surface area (Å²) < 4.78 is 53.7. The van der Waals surface area contributed by atoms with Crippen LogP contribution in [0.2, 0.25) is 10.0 Å². The predicted molar refractivity (Wildman–Crippen MR) is 92.4 cm³/mol. The van der Waals surface area contributed by atoms with Crippen LogP contribution >= 0.6 is 23.2 Å². The van der Waals surface area contributed by atoms with Gasteiger partial charge in [0.25, 0.3) is 0 Å². The number of hydrogen-bond acceptors (Lipinski definition) is 1. The molecule has 1 atom stereocenters. The summed E-state index contributed by atoms with van der Waals surface area (Å²) in [7, 11) is 0. The molecule has 2 aromatic carbocycles. The van der Waals surface area contributed by atoms with E-state index in [-0.39, 0.29) is 11.1 Å². The van der Waals surface area contributed by atoms with E-state index in [0.29, 0.717) is 11.1 Å². The zero-order chi connectivity index (χ0) is 19.6. The van der Waals surface area contributed by atoms with Gasteiger partial charge in [0.15, 0.2) is 5.82 Å². The van der Waals surface area contributed by atoms with Gasteiger partial charge in [0.2, 0.25) is 0 Å². The standard InChI is InChI=1S/C18H12Cl2F4O2/c1-9-6-10(2-4-12(9)17(25)26)3-5-13(18(22,23)24)11-7-14(19)16(21)15(20)8-11/h2-8,13H,1H3,(H,25,26). The van der Waals surface area contributed by atoms with Crippen LogP contribution in [0.5, 0.6) is 0 Å². The minimum absolute atomic E-state index is 0.0617. The van der Waals surface area contributed by atoms with E-state index < -0.39 is 33.9 Å². The zero-order valence-corrected chi connectivity index (χ0v) is 14.8. The second kappa shape index (κ2) is 7.68. The summed E-state index contributed by atoms with van der Waals surface area (Å²) in [4.78, 5) is 11.0. The normalized spacial score (nSPS) is 13.2. The number of carbonyl (C=O) groups is 1. The van der Waals surface area contributed by atoms with Crippen molar-refractivity contribution >= 4 is 35.2 Å². The average molecular weight is 407 g/mol. The van der Waals surface area contributed by atoms with Gasteiger partial charge in [-0.05, 0) is 41.8 Å². The monoisotopic (exact) mass is 406 g/mol. The lowest BCUT2D eigenvalue weighted by atomic mass is 9.96. The second-order valence-electron chi connectivity index (χ2n) is 5.56. The topological polar surface area (TPSA) is 37.3 Å². The molecule has 0 amide bonds. The van der Waals surface area contributed by atoms with Gasteiger partial charge >= 0.3 is 12.1 Å². The number of benzene rings is 2. The average Bonchev–Trinajstić information content (AvgIpc) is 2.51. The Hall–Kier alpha value is -2.05. The first-order valence-corrected chi connectivity index (χ1v) is 7.99. The zero-order valence-electron chi connectivity index (χ0n) is 13.2. The van der Waals surface area contributed by atoms with E-state index in [9.17, 15) is 22.4 Å². The van der Waals surface area contributed by atoms with Gasteiger partial charge in [-0.2, -0.15) is 13.2 Å². The van der Waals surface area contributed by atoms with Gasteiger partial charge in [-0.1, -0.05) is 47.5 Å². The van der Waals surface area contributed by atoms with Gasteiger partial charge in [0, 0.05) is 0 Å². The van der Waals surface area contributed by atoms with Crippen molar-refractivity contribution in [1.29, 1.82) is 0 Å². The Labute approximate surface area is 156 Å². The van der Waals surface area contributed by atoms with Crippen LogP contribution in [0.4, 0.5) is 17.6 Å². The number of aryl methyl sites for hydroxylation is 1. The molecule has 0 aromatic heterocycles. The number of allylic oxidation sites excluding steroid dienone is 1. The molecule has 0 heterocycles. The summed E-state index contributed by atoms with van der Waals surface area (Å²) in [6.45, 7) is 1.54. The highest BCUT2D eigenvalue weighted by atomic mass is 35.5. The van der Waals surface area contributed by atoms with Crippen molar-refractivity contribution in [3.63, 3.8) is 0 Å².